The normalized spacial score (nSPS) is 27.8. The van der Waals surface area contributed by atoms with Gasteiger partial charge in [0, 0.05) is 20.0 Å². The largest absolute Gasteiger partial charge is 0.389 e. The number of para-hydroxylation sites is 2. The number of aliphatic hydroxyl groups is 1. The lowest BCUT2D eigenvalue weighted by Gasteiger charge is -2.38. The summed E-state index contributed by atoms with van der Waals surface area (Å²) in [5, 5.41) is 14.2. The van der Waals surface area contributed by atoms with Crippen molar-refractivity contribution in [1.29, 1.82) is 0 Å². The predicted molar refractivity (Wildman–Crippen MR) is 76.0 cm³/mol. The molecule has 1 aliphatic rings. The average molecular weight is 259 g/mol. The lowest BCUT2D eigenvalue weighted by atomic mass is 9.80. The molecule has 2 N–H and O–H groups in total. The first-order valence-corrected chi connectivity index (χ1v) is 6.93. The van der Waals surface area contributed by atoms with Gasteiger partial charge < -0.3 is 15.0 Å². The second-order valence-corrected chi connectivity index (χ2v) is 5.71. The number of piperidine rings is 1. The highest BCUT2D eigenvalue weighted by molar-refractivity contribution is 5.75. The van der Waals surface area contributed by atoms with Gasteiger partial charge in [-0.15, -0.1) is 0 Å². The Labute approximate surface area is 113 Å². The molecule has 1 saturated heterocycles. The van der Waals surface area contributed by atoms with E-state index in [-0.39, 0.29) is 5.92 Å². The number of benzene rings is 1. The number of hydrogen-bond acceptors (Lipinski definition) is 3. The molecular formula is C15H21N3O. The second-order valence-electron chi connectivity index (χ2n) is 5.71. The third-order valence-corrected chi connectivity index (χ3v) is 4.45. The van der Waals surface area contributed by atoms with Crippen LogP contribution in [0.5, 0.6) is 0 Å². The van der Waals surface area contributed by atoms with E-state index in [0.717, 1.165) is 36.4 Å². The molecule has 0 spiro atoms. The number of rotatable bonds is 2. The number of hydrogen-bond donors (Lipinski definition) is 2. The van der Waals surface area contributed by atoms with E-state index in [4.69, 9.17) is 0 Å². The van der Waals surface area contributed by atoms with Crippen LogP contribution in [0.4, 0.5) is 0 Å². The molecule has 0 saturated carbocycles. The van der Waals surface area contributed by atoms with Crippen molar-refractivity contribution in [3.63, 3.8) is 0 Å². The molecule has 0 radical (unpaired) electrons. The van der Waals surface area contributed by atoms with Crippen molar-refractivity contribution in [2.45, 2.75) is 25.4 Å². The fraction of sp³-hybridized carbons (Fsp3) is 0.533. The predicted octanol–water partition coefficient (Wildman–Crippen LogP) is 1.48. The van der Waals surface area contributed by atoms with Crippen LogP contribution in [-0.4, -0.2) is 33.3 Å². The van der Waals surface area contributed by atoms with E-state index in [9.17, 15) is 5.11 Å². The van der Waals surface area contributed by atoms with Gasteiger partial charge in [0.05, 0.1) is 16.6 Å². The molecule has 2 unspecified atom stereocenters. The minimum atomic E-state index is -0.639. The van der Waals surface area contributed by atoms with Crippen molar-refractivity contribution in [2.75, 3.05) is 13.1 Å². The Balaban J connectivity index is 1.94. The molecule has 0 bridgehead atoms. The van der Waals surface area contributed by atoms with Crippen molar-refractivity contribution >= 4 is 11.0 Å². The third-order valence-electron chi connectivity index (χ3n) is 4.45. The fourth-order valence-electron chi connectivity index (χ4n) is 2.95. The van der Waals surface area contributed by atoms with Crippen LogP contribution in [0.1, 0.15) is 19.2 Å². The molecule has 1 fully saturated rings. The summed E-state index contributed by atoms with van der Waals surface area (Å²) in [6, 6.07) is 8.12. The summed E-state index contributed by atoms with van der Waals surface area (Å²) in [7, 11) is 2.03. The van der Waals surface area contributed by atoms with Crippen LogP contribution in [-0.2, 0) is 13.5 Å². The molecule has 19 heavy (non-hydrogen) atoms. The minimum absolute atomic E-state index is 0.251. The first kappa shape index (κ1) is 12.6. The summed E-state index contributed by atoms with van der Waals surface area (Å²) < 4.78 is 2.10. The summed E-state index contributed by atoms with van der Waals surface area (Å²) in [4.78, 5) is 4.67. The first-order chi connectivity index (χ1) is 9.10. The summed E-state index contributed by atoms with van der Waals surface area (Å²) >= 11 is 0. The Hall–Kier alpha value is -1.39. The number of nitrogens with zero attached hydrogens (tertiary/aromatic N) is 2. The summed E-state index contributed by atoms with van der Waals surface area (Å²) in [5.74, 6) is 1.22. The number of imidazole rings is 1. The van der Waals surface area contributed by atoms with E-state index >= 15 is 0 Å². The van der Waals surface area contributed by atoms with E-state index in [1.165, 1.54) is 0 Å². The molecule has 1 aliphatic heterocycles. The Kier molecular flexibility index (Phi) is 3.07. The fourth-order valence-corrected chi connectivity index (χ4v) is 2.95. The minimum Gasteiger partial charge on any atom is -0.389 e. The van der Waals surface area contributed by atoms with Gasteiger partial charge in [-0.3, -0.25) is 0 Å². The van der Waals surface area contributed by atoms with Crippen molar-refractivity contribution in [1.82, 2.24) is 14.9 Å². The highest BCUT2D eigenvalue weighted by atomic mass is 16.3. The number of aryl methyl sites for hydroxylation is 1. The second kappa shape index (κ2) is 4.62. The van der Waals surface area contributed by atoms with Crippen LogP contribution < -0.4 is 5.32 Å². The van der Waals surface area contributed by atoms with Gasteiger partial charge in [0.2, 0.25) is 0 Å². The molecule has 1 aromatic carbocycles. The van der Waals surface area contributed by atoms with Crippen LogP contribution in [0.3, 0.4) is 0 Å². The van der Waals surface area contributed by atoms with Crippen LogP contribution in [0.25, 0.3) is 11.0 Å². The molecule has 0 aliphatic carbocycles. The highest BCUT2D eigenvalue weighted by Gasteiger charge is 2.37. The molecule has 3 rings (SSSR count). The lowest BCUT2D eigenvalue weighted by Crippen LogP contribution is -2.50. The van der Waals surface area contributed by atoms with Crippen LogP contribution in [0.2, 0.25) is 0 Å². The zero-order chi connectivity index (χ0) is 13.5. The summed E-state index contributed by atoms with van der Waals surface area (Å²) in [5.41, 5.74) is 1.49. The topological polar surface area (TPSA) is 50.1 Å². The smallest absolute Gasteiger partial charge is 0.112 e. The average Bonchev–Trinajstić information content (AvgIpc) is 2.71. The zero-order valence-electron chi connectivity index (χ0n) is 11.6. The molecule has 0 amide bonds. The van der Waals surface area contributed by atoms with Gasteiger partial charge in [0.15, 0.2) is 0 Å². The van der Waals surface area contributed by atoms with Crippen LogP contribution in [0.15, 0.2) is 24.3 Å². The van der Waals surface area contributed by atoms with E-state index in [1.807, 2.05) is 25.2 Å². The molecule has 2 atom stereocenters. The summed E-state index contributed by atoms with van der Waals surface area (Å²) in [6.45, 7) is 3.86. The van der Waals surface area contributed by atoms with Crippen molar-refractivity contribution in [2.24, 2.45) is 13.0 Å². The molecule has 2 aromatic rings. The summed E-state index contributed by atoms with van der Waals surface area (Å²) in [6.07, 6.45) is 1.42. The molecule has 1 aromatic heterocycles. The number of fused-ring (bicyclic) bond motifs is 1. The van der Waals surface area contributed by atoms with Gasteiger partial charge in [-0.25, -0.2) is 4.98 Å². The Morgan fingerprint density at radius 1 is 1.47 bits per heavy atom. The standard InChI is InChI=1S/C15H21N3O/c1-11-10-16-8-7-15(11,19)9-14-17-12-5-3-4-6-13(12)18(14)2/h3-6,11,16,19H,7-10H2,1-2H3. The van der Waals surface area contributed by atoms with Crippen molar-refractivity contribution in [3.8, 4) is 0 Å². The van der Waals surface area contributed by atoms with Gasteiger partial charge in [-0.1, -0.05) is 19.1 Å². The highest BCUT2D eigenvalue weighted by Crippen LogP contribution is 2.29. The lowest BCUT2D eigenvalue weighted by molar-refractivity contribution is -0.0348. The maximum atomic E-state index is 10.8. The van der Waals surface area contributed by atoms with Crippen LogP contribution in [0, 0.1) is 5.92 Å². The van der Waals surface area contributed by atoms with Crippen molar-refractivity contribution in [3.05, 3.63) is 30.1 Å². The quantitative estimate of drug-likeness (QED) is 0.859. The molecule has 102 valence electrons. The van der Waals surface area contributed by atoms with Gasteiger partial charge in [0.1, 0.15) is 5.82 Å². The monoisotopic (exact) mass is 259 g/mol. The molecular weight excluding hydrogens is 238 g/mol. The molecule has 2 heterocycles. The van der Waals surface area contributed by atoms with E-state index in [2.05, 4.69) is 27.9 Å². The third kappa shape index (κ3) is 2.15. The number of aromatic nitrogens is 2. The van der Waals surface area contributed by atoms with E-state index < -0.39 is 5.60 Å². The van der Waals surface area contributed by atoms with Crippen LogP contribution >= 0.6 is 0 Å². The maximum Gasteiger partial charge on any atom is 0.112 e. The van der Waals surface area contributed by atoms with Gasteiger partial charge in [-0.2, -0.15) is 0 Å². The first-order valence-electron chi connectivity index (χ1n) is 6.93. The van der Waals surface area contributed by atoms with Gasteiger partial charge in [-0.05, 0) is 31.0 Å². The van der Waals surface area contributed by atoms with Gasteiger partial charge in [0.25, 0.3) is 0 Å². The zero-order valence-corrected chi connectivity index (χ0v) is 11.6. The molecule has 4 heteroatoms. The van der Waals surface area contributed by atoms with E-state index in [0.29, 0.717) is 6.42 Å². The Morgan fingerprint density at radius 3 is 3.00 bits per heavy atom. The van der Waals surface area contributed by atoms with Crippen molar-refractivity contribution < 1.29 is 5.11 Å². The maximum absolute atomic E-state index is 10.8. The molecule has 4 nitrogen and oxygen atoms in total. The Morgan fingerprint density at radius 2 is 2.26 bits per heavy atom. The van der Waals surface area contributed by atoms with Gasteiger partial charge >= 0.3 is 0 Å². The Bertz CT molecular complexity index is 592. The van der Waals surface area contributed by atoms with E-state index in [1.54, 1.807) is 0 Å². The number of nitrogens with one attached hydrogen (secondary N) is 1. The SMILES string of the molecule is CC1CNCCC1(O)Cc1nc2ccccc2n1C.